The fraction of sp³-hybridized carbons (Fsp3) is 0.176. The number of rotatable bonds is 5. The van der Waals surface area contributed by atoms with Crippen LogP contribution in [0, 0.1) is 0 Å². The van der Waals surface area contributed by atoms with Crippen LogP contribution in [0.4, 0.5) is 28.8 Å². The molecular formula is C17H14F3N3O4S. The molecule has 0 fully saturated rings. The lowest BCUT2D eigenvalue weighted by Crippen LogP contribution is -2.19. The smallest absolute Gasteiger partial charge is 0.493 e. The minimum atomic E-state index is -4.78. The molecule has 2 N–H and O–H groups in total. The van der Waals surface area contributed by atoms with E-state index in [1.165, 1.54) is 26.4 Å². The topological polar surface area (TPSA) is 81.7 Å². The molecule has 0 spiro atoms. The number of carbonyl (C=O) groups excluding carboxylic acids is 1. The molecule has 1 aromatic heterocycles. The molecule has 1 heterocycles. The predicted octanol–water partition coefficient (Wildman–Crippen LogP) is 4.86. The van der Waals surface area contributed by atoms with Gasteiger partial charge in [0.05, 0.1) is 24.4 Å². The molecule has 11 heteroatoms. The number of fused-ring (bicyclic) bond motifs is 1. The highest BCUT2D eigenvalue weighted by Crippen LogP contribution is 2.32. The van der Waals surface area contributed by atoms with Gasteiger partial charge in [-0.25, -0.2) is 9.78 Å². The number of thiazole rings is 1. The van der Waals surface area contributed by atoms with Gasteiger partial charge in [-0.05, 0) is 24.3 Å². The first kappa shape index (κ1) is 19.5. The van der Waals surface area contributed by atoms with E-state index in [0.29, 0.717) is 27.4 Å². The Balaban J connectivity index is 1.71. The van der Waals surface area contributed by atoms with Crippen molar-refractivity contribution >= 4 is 38.4 Å². The van der Waals surface area contributed by atoms with Crippen molar-refractivity contribution in [1.29, 1.82) is 0 Å². The fourth-order valence-corrected chi connectivity index (χ4v) is 3.22. The number of carbonyl (C=O) groups is 1. The number of amides is 2. The molecule has 28 heavy (non-hydrogen) atoms. The Morgan fingerprint density at radius 1 is 1.04 bits per heavy atom. The highest BCUT2D eigenvalue weighted by atomic mass is 32.1. The first-order valence-corrected chi connectivity index (χ1v) is 8.55. The summed E-state index contributed by atoms with van der Waals surface area (Å²) in [5, 5.41) is 5.37. The predicted molar refractivity (Wildman–Crippen MR) is 98.5 cm³/mol. The summed E-state index contributed by atoms with van der Waals surface area (Å²) in [6.45, 7) is 0. The third-order valence-electron chi connectivity index (χ3n) is 3.46. The number of ether oxygens (including phenoxy) is 3. The highest BCUT2D eigenvalue weighted by Gasteiger charge is 2.31. The third-order valence-corrected chi connectivity index (χ3v) is 4.39. The van der Waals surface area contributed by atoms with Crippen molar-refractivity contribution in [2.45, 2.75) is 6.36 Å². The van der Waals surface area contributed by atoms with Crippen LogP contribution in [0.3, 0.4) is 0 Å². The van der Waals surface area contributed by atoms with Crippen molar-refractivity contribution in [3.05, 3.63) is 36.4 Å². The number of alkyl halides is 3. The molecular weight excluding hydrogens is 399 g/mol. The van der Waals surface area contributed by atoms with Gasteiger partial charge in [-0.1, -0.05) is 11.3 Å². The van der Waals surface area contributed by atoms with Gasteiger partial charge in [-0.3, -0.25) is 5.32 Å². The number of anilines is 2. The molecule has 3 rings (SSSR count). The van der Waals surface area contributed by atoms with Crippen LogP contribution in [0.25, 0.3) is 10.2 Å². The van der Waals surface area contributed by atoms with Gasteiger partial charge in [0, 0.05) is 17.8 Å². The van der Waals surface area contributed by atoms with E-state index in [9.17, 15) is 18.0 Å². The zero-order valence-corrected chi connectivity index (χ0v) is 15.4. The maximum Gasteiger partial charge on any atom is 0.573 e. The van der Waals surface area contributed by atoms with Gasteiger partial charge in [-0.15, -0.1) is 13.2 Å². The standard InChI is InChI=1S/C17H14F3N3O4S/c1-25-12-6-3-9(7-13(12)26-2)21-15(24)23-16-22-11-5-4-10(8-14(11)28-16)27-17(18,19)20/h3-8H,1-2H3,(H2,21,22,23,24). The van der Waals surface area contributed by atoms with Gasteiger partial charge >= 0.3 is 12.4 Å². The van der Waals surface area contributed by atoms with Crippen molar-refractivity contribution in [3.8, 4) is 17.2 Å². The summed E-state index contributed by atoms with van der Waals surface area (Å²) in [4.78, 5) is 16.3. The zero-order valence-electron chi connectivity index (χ0n) is 14.6. The van der Waals surface area contributed by atoms with Gasteiger partial charge in [0.1, 0.15) is 5.75 Å². The lowest BCUT2D eigenvalue weighted by atomic mass is 10.3. The first-order chi connectivity index (χ1) is 13.3. The molecule has 0 radical (unpaired) electrons. The molecule has 2 amide bonds. The lowest BCUT2D eigenvalue weighted by Gasteiger charge is -2.10. The van der Waals surface area contributed by atoms with E-state index in [1.54, 1.807) is 18.2 Å². The number of halogens is 3. The van der Waals surface area contributed by atoms with Crippen molar-refractivity contribution in [3.63, 3.8) is 0 Å². The SMILES string of the molecule is COc1ccc(NC(=O)Nc2nc3ccc(OC(F)(F)F)cc3s2)cc1OC. The van der Waals surface area contributed by atoms with Crippen LogP contribution in [0.1, 0.15) is 0 Å². The van der Waals surface area contributed by atoms with E-state index in [0.717, 1.165) is 17.4 Å². The minimum Gasteiger partial charge on any atom is -0.493 e. The summed E-state index contributed by atoms with van der Waals surface area (Å²) in [7, 11) is 2.97. The van der Waals surface area contributed by atoms with Crippen LogP contribution in [-0.4, -0.2) is 31.6 Å². The van der Waals surface area contributed by atoms with Crippen molar-refractivity contribution in [2.24, 2.45) is 0 Å². The van der Waals surface area contributed by atoms with Crippen molar-refractivity contribution in [1.82, 2.24) is 4.98 Å². The van der Waals surface area contributed by atoms with E-state index < -0.39 is 12.4 Å². The maximum absolute atomic E-state index is 12.3. The fourth-order valence-electron chi connectivity index (χ4n) is 2.33. The molecule has 0 aliphatic heterocycles. The number of nitrogens with one attached hydrogen (secondary N) is 2. The molecule has 148 valence electrons. The number of methoxy groups -OCH3 is 2. The molecule has 0 saturated carbocycles. The second-order valence-corrected chi connectivity index (χ2v) is 6.38. The zero-order chi connectivity index (χ0) is 20.3. The summed E-state index contributed by atoms with van der Waals surface area (Å²) in [6, 6.07) is 8.01. The first-order valence-electron chi connectivity index (χ1n) is 7.74. The molecule has 2 aromatic carbocycles. The van der Waals surface area contributed by atoms with E-state index in [1.807, 2.05) is 0 Å². The Morgan fingerprint density at radius 3 is 2.46 bits per heavy atom. The number of nitrogens with zero attached hydrogens (tertiary/aromatic N) is 1. The normalized spacial score (nSPS) is 11.2. The average molecular weight is 413 g/mol. The van der Waals surface area contributed by atoms with Crippen LogP contribution in [-0.2, 0) is 0 Å². The number of urea groups is 1. The third kappa shape index (κ3) is 4.74. The van der Waals surface area contributed by atoms with E-state index in [4.69, 9.17) is 9.47 Å². The Kier molecular flexibility index (Phi) is 5.45. The number of hydrogen-bond donors (Lipinski definition) is 2. The molecule has 0 saturated heterocycles. The van der Waals surface area contributed by atoms with Gasteiger partial charge in [0.15, 0.2) is 16.6 Å². The molecule has 0 atom stereocenters. The van der Waals surface area contributed by atoms with E-state index >= 15 is 0 Å². The van der Waals surface area contributed by atoms with Crippen LogP contribution in [0.15, 0.2) is 36.4 Å². The Labute approximate surface area is 161 Å². The largest absolute Gasteiger partial charge is 0.573 e. The van der Waals surface area contributed by atoms with Gasteiger partial charge in [-0.2, -0.15) is 0 Å². The van der Waals surface area contributed by atoms with Gasteiger partial charge in [0.2, 0.25) is 0 Å². The van der Waals surface area contributed by atoms with Crippen molar-refractivity contribution < 1.29 is 32.2 Å². The van der Waals surface area contributed by atoms with Gasteiger partial charge < -0.3 is 19.5 Å². The minimum absolute atomic E-state index is 0.220. The number of hydrogen-bond acceptors (Lipinski definition) is 6. The summed E-state index contributed by atoms with van der Waals surface area (Å²) >= 11 is 1.01. The summed E-state index contributed by atoms with van der Waals surface area (Å²) in [6.07, 6.45) is -4.78. The number of aromatic nitrogens is 1. The monoisotopic (exact) mass is 413 g/mol. The molecule has 3 aromatic rings. The Bertz CT molecular complexity index is 1010. The summed E-state index contributed by atoms with van der Waals surface area (Å²) in [5.41, 5.74) is 0.887. The van der Waals surface area contributed by atoms with Crippen molar-refractivity contribution in [2.75, 3.05) is 24.9 Å². The van der Waals surface area contributed by atoms with E-state index in [-0.39, 0.29) is 10.9 Å². The molecule has 7 nitrogen and oxygen atoms in total. The van der Waals surface area contributed by atoms with Crippen LogP contribution in [0.2, 0.25) is 0 Å². The maximum atomic E-state index is 12.3. The summed E-state index contributed by atoms with van der Waals surface area (Å²) in [5.74, 6) is 0.596. The molecule has 0 unspecified atom stereocenters. The van der Waals surface area contributed by atoms with Crippen LogP contribution >= 0.6 is 11.3 Å². The molecule has 0 bridgehead atoms. The number of benzene rings is 2. The lowest BCUT2D eigenvalue weighted by molar-refractivity contribution is -0.274. The average Bonchev–Trinajstić information content (AvgIpc) is 3.01. The van der Waals surface area contributed by atoms with E-state index in [2.05, 4.69) is 20.4 Å². The molecule has 0 aliphatic rings. The quantitative estimate of drug-likeness (QED) is 0.625. The van der Waals surface area contributed by atoms with Crippen LogP contribution in [0.5, 0.6) is 17.2 Å². The second kappa shape index (κ2) is 7.80. The Hall–Kier alpha value is -3.21. The molecule has 0 aliphatic carbocycles. The highest BCUT2D eigenvalue weighted by molar-refractivity contribution is 7.22. The summed E-state index contributed by atoms with van der Waals surface area (Å²) < 4.78 is 51.5. The van der Waals surface area contributed by atoms with Gasteiger partial charge in [0.25, 0.3) is 0 Å². The second-order valence-electron chi connectivity index (χ2n) is 5.35. The Morgan fingerprint density at radius 2 is 1.79 bits per heavy atom. The van der Waals surface area contributed by atoms with Crippen LogP contribution < -0.4 is 24.8 Å².